The van der Waals surface area contributed by atoms with Crippen LogP contribution in [0.15, 0.2) is 152 Å². The number of pyridine rings is 3. The van der Waals surface area contributed by atoms with E-state index in [0.29, 0.717) is 0 Å². The van der Waals surface area contributed by atoms with Gasteiger partial charge in [-0.15, -0.1) is 11.3 Å². The average Bonchev–Trinajstić information content (AvgIpc) is 3.54. The fourth-order valence-corrected chi connectivity index (χ4v) is 8.12. The molecule has 3 nitrogen and oxygen atoms in total. The lowest BCUT2D eigenvalue weighted by Gasteiger charge is -2.11. The second-order valence-corrected chi connectivity index (χ2v) is 13.1. The number of fused-ring (bicyclic) bond motifs is 9. The minimum atomic E-state index is 0.908. The molecule has 0 unspecified atom stereocenters. The SMILES string of the molecule is c1ccc(-c2ccc3ccc4ccc(-c5cccc(-c6nc7cc8ccccc8cc7c7c6sc6ccccc67)c5)nc4c3n2)cc1. The number of thiophene rings is 1. The van der Waals surface area contributed by atoms with Crippen molar-refractivity contribution in [1.82, 2.24) is 15.0 Å². The van der Waals surface area contributed by atoms with Gasteiger partial charge in [-0.1, -0.05) is 115 Å². The Balaban J connectivity index is 1.18. The van der Waals surface area contributed by atoms with Crippen LogP contribution in [0.3, 0.4) is 0 Å². The summed E-state index contributed by atoms with van der Waals surface area (Å²) in [6, 6.07) is 53.6. The van der Waals surface area contributed by atoms with Crippen LogP contribution in [0.5, 0.6) is 0 Å². The topological polar surface area (TPSA) is 38.7 Å². The molecule has 0 radical (unpaired) electrons. The van der Waals surface area contributed by atoms with E-state index in [1.165, 1.54) is 36.3 Å². The van der Waals surface area contributed by atoms with Crippen LogP contribution >= 0.6 is 11.3 Å². The van der Waals surface area contributed by atoms with E-state index < -0.39 is 0 Å². The highest BCUT2D eigenvalue weighted by molar-refractivity contribution is 7.26. The molecular weight excluding hydrogens is 591 g/mol. The Kier molecular flexibility index (Phi) is 5.74. The van der Waals surface area contributed by atoms with Gasteiger partial charge in [0.15, 0.2) is 0 Å². The van der Waals surface area contributed by atoms with E-state index in [-0.39, 0.29) is 0 Å². The van der Waals surface area contributed by atoms with Gasteiger partial charge in [-0.2, -0.15) is 0 Å². The third-order valence-electron chi connectivity index (χ3n) is 9.20. The largest absolute Gasteiger partial charge is 0.246 e. The normalized spacial score (nSPS) is 11.8. The van der Waals surface area contributed by atoms with Crippen molar-refractivity contribution >= 4 is 75.0 Å². The van der Waals surface area contributed by atoms with E-state index in [9.17, 15) is 0 Å². The third kappa shape index (κ3) is 4.23. The highest BCUT2D eigenvalue weighted by atomic mass is 32.1. The monoisotopic (exact) mass is 615 g/mol. The molecule has 10 rings (SSSR count). The summed E-state index contributed by atoms with van der Waals surface area (Å²) in [5, 5.41) is 8.33. The van der Waals surface area contributed by atoms with Crippen LogP contribution in [0, 0.1) is 0 Å². The van der Waals surface area contributed by atoms with Crippen molar-refractivity contribution in [3.8, 4) is 33.8 Å². The molecule has 0 spiro atoms. The Morgan fingerprint density at radius 3 is 1.81 bits per heavy atom. The first-order chi connectivity index (χ1) is 23.3. The quantitative estimate of drug-likeness (QED) is 0.147. The molecule has 0 amide bonds. The first-order valence-corrected chi connectivity index (χ1v) is 16.6. The maximum Gasteiger partial charge on any atom is 0.0972 e. The van der Waals surface area contributed by atoms with Crippen molar-refractivity contribution in [2.75, 3.05) is 0 Å². The highest BCUT2D eigenvalue weighted by Gasteiger charge is 2.17. The predicted octanol–water partition coefficient (Wildman–Crippen LogP) is 11.9. The van der Waals surface area contributed by atoms with Gasteiger partial charge in [0.25, 0.3) is 0 Å². The number of hydrogen-bond acceptors (Lipinski definition) is 4. The molecule has 4 heterocycles. The van der Waals surface area contributed by atoms with E-state index in [2.05, 4.69) is 133 Å². The highest BCUT2D eigenvalue weighted by Crippen LogP contribution is 2.44. The molecule has 218 valence electrons. The second-order valence-electron chi connectivity index (χ2n) is 12.0. The molecule has 0 bridgehead atoms. The molecular formula is C43H25N3S. The van der Waals surface area contributed by atoms with Crippen LogP contribution < -0.4 is 0 Å². The average molecular weight is 616 g/mol. The van der Waals surface area contributed by atoms with E-state index >= 15 is 0 Å². The van der Waals surface area contributed by atoms with Gasteiger partial charge in [0.1, 0.15) is 0 Å². The Bertz CT molecular complexity index is 2850. The minimum Gasteiger partial charge on any atom is -0.246 e. The molecule has 47 heavy (non-hydrogen) atoms. The van der Waals surface area contributed by atoms with Crippen LogP contribution in [0.2, 0.25) is 0 Å². The van der Waals surface area contributed by atoms with Crippen LogP contribution in [-0.4, -0.2) is 15.0 Å². The summed E-state index contributed by atoms with van der Waals surface area (Å²) in [6.07, 6.45) is 0. The van der Waals surface area contributed by atoms with Gasteiger partial charge in [-0.3, -0.25) is 0 Å². The molecule has 0 aliphatic rings. The number of aromatic nitrogens is 3. The minimum absolute atomic E-state index is 0.908. The van der Waals surface area contributed by atoms with Gasteiger partial charge < -0.3 is 0 Å². The van der Waals surface area contributed by atoms with Crippen molar-refractivity contribution in [1.29, 1.82) is 0 Å². The van der Waals surface area contributed by atoms with Gasteiger partial charge in [0.2, 0.25) is 0 Å². The van der Waals surface area contributed by atoms with Crippen molar-refractivity contribution in [2.45, 2.75) is 0 Å². The summed E-state index contributed by atoms with van der Waals surface area (Å²) in [6.45, 7) is 0. The fourth-order valence-electron chi connectivity index (χ4n) is 6.89. The first kappa shape index (κ1) is 26.3. The van der Waals surface area contributed by atoms with E-state index in [4.69, 9.17) is 15.0 Å². The lowest BCUT2D eigenvalue weighted by molar-refractivity contribution is 1.36. The lowest BCUT2D eigenvalue weighted by atomic mass is 9.99. The number of nitrogens with zero attached hydrogens (tertiary/aromatic N) is 3. The van der Waals surface area contributed by atoms with Crippen LogP contribution in [-0.2, 0) is 0 Å². The molecule has 4 aromatic heterocycles. The Morgan fingerprint density at radius 2 is 1.02 bits per heavy atom. The molecule has 0 aliphatic heterocycles. The van der Waals surface area contributed by atoms with E-state index in [0.717, 1.165) is 61.1 Å². The van der Waals surface area contributed by atoms with Crippen LogP contribution in [0.1, 0.15) is 0 Å². The fraction of sp³-hybridized carbons (Fsp3) is 0. The van der Waals surface area contributed by atoms with Gasteiger partial charge in [-0.25, -0.2) is 15.0 Å². The number of benzene rings is 6. The molecule has 0 N–H and O–H groups in total. The Hall–Kier alpha value is -5.97. The standard InChI is InChI=1S/C43H25N3S/c1-2-9-26(10-3-1)35-21-19-27-17-18-28-20-22-36(45-41(28)40(27)44-35)31-13-8-14-32(23-31)42-43-39(33-15-6-7-16-38(33)47-43)34-24-29-11-4-5-12-30(29)25-37(34)46-42/h1-25H. The number of rotatable bonds is 3. The zero-order chi connectivity index (χ0) is 30.9. The summed E-state index contributed by atoms with van der Waals surface area (Å²) in [5.41, 5.74) is 8.93. The van der Waals surface area contributed by atoms with Crippen molar-refractivity contribution in [2.24, 2.45) is 0 Å². The summed E-state index contributed by atoms with van der Waals surface area (Å²) >= 11 is 1.82. The molecule has 6 aromatic carbocycles. The van der Waals surface area contributed by atoms with Gasteiger partial charge >= 0.3 is 0 Å². The summed E-state index contributed by atoms with van der Waals surface area (Å²) in [7, 11) is 0. The molecule has 0 fully saturated rings. The summed E-state index contributed by atoms with van der Waals surface area (Å²) in [4.78, 5) is 15.7. The van der Waals surface area contributed by atoms with Gasteiger partial charge in [0.05, 0.1) is 38.3 Å². The second kappa shape index (κ2) is 10.3. The maximum absolute atomic E-state index is 5.36. The molecule has 4 heteroatoms. The van der Waals surface area contributed by atoms with Crippen molar-refractivity contribution in [3.63, 3.8) is 0 Å². The summed E-state index contributed by atoms with van der Waals surface area (Å²) < 4.78 is 2.48. The van der Waals surface area contributed by atoms with Crippen LogP contribution in [0.4, 0.5) is 0 Å². The van der Waals surface area contributed by atoms with Gasteiger partial charge in [0, 0.05) is 48.3 Å². The zero-order valence-corrected chi connectivity index (χ0v) is 26.0. The third-order valence-corrected chi connectivity index (χ3v) is 10.4. The van der Waals surface area contributed by atoms with E-state index in [1.807, 2.05) is 29.5 Å². The van der Waals surface area contributed by atoms with Gasteiger partial charge in [-0.05, 0) is 47.2 Å². The predicted molar refractivity (Wildman–Crippen MR) is 199 cm³/mol. The number of hydrogen-bond donors (Lipinski definition) is 0. The lowest BCUT2D eigenvalue weighted by Crippen LogP contribution is -1.92. The summed E-state index contributed by atoms with van der Waals surface area (Å²) in [5.74, 6) is 0. The van der Waals surface area contributed by atoms with Crippen molar-refractivity contribution < 1.29 is 0 Å². The molecule has 0 aliphatic carbocycles. The Morgan fingerprint density at radius 1 is 0.404 bits per heavy atom. The molecule has 0 saturated carbocycles. The molecule has 0 saturated heterocycles. The van der Waals surface area contributed by atoms with E-state index in [1.54, 1.807) is 0 Å². The zero-order valence-electron chi connectivity index (χ0n) is 25.2. The smallest absolute Gasteiger partial charge is 0.0972 e. The molecule has 0 atom stereocenters. The Labute approximate surface area is 274 Å². The van der Waals surface area contributed by atoms with Crippen LogP contribution in [0.25, 0.3) is 97.4 Å². The van der Waals surface area contributed by atoms with Crippen molar-refractivity contribution in [3.05, 3.63) is 152 Å². The molecule has 10 aromatic rings. The first-order valence-electron chi connectivity index (χ1n) is 15.8. The maximum atomic E-state index is 5.36.